The number of sulfonamides is 1. The molecule has 1 saturated carbocycles. The van der Waals surface area contributed by atoms with Gasteiger partial charge in [-0.15, -0.1) is 0 Å². The van der Waals surface area contributed by atoms with E-state index in [1.54, 1.807) is 47.4 Å². The highest BCUT2D eigenvalue weighted by Gasteiger charge is 2.36. The molecule has 0 unspecified atom stereocenters. The summed E-state index contributed by atoms with van der Waals surface area (Å²) in [6, 6.07) is 11.1. The molecule has 2 fully saturated rings. The molecule has 2 aromatic carbocycles. The minimum Gasteiger partial charge on any atom is -0.352 e. The number of rotatable bonds is 6. The van der Waals surface area contributed by atoms with Crippen LogP contribution in [0.25, 0.3) is 0 Å². The molecule has 2 aliphatic rings. The number of nitrogens with one attached hydrogen (secondary N) is 2. The van der Waals surface area contributed by atoms with Gasteiger partial charge in [-0.3, -0.25) is 14.3 Å². The molecule has 2 amide bonds. The smallest absolute Gasteiger partial charge is 0.261 e. The standard InChI is InChI=1S/C23H27N3O4S/c1-15-5-12-20(14-16(15)2)31(29,30)25-19-8-6-17(7-9-19)23(28)26-13-3-4-21(26)22(27)24-18-10-11-18/h5-9,12,14,18,21,25H,3-4,10-11,13H2,1-2H3,(H,24,27)/t21-/m0/s1. The normalized spacial score (nSPS) is 18.6. The van der Waals surface area contributed by atoms with Gasteiger partial charge in [0.1, 0.15) is 6.04 Å². The monoisotopic (exact) mass is 441 g/mol. The van der Waals surface area contributed by atoms with Crippen LogP contribution < -0.4 is 10.0 Å². The van der Waals surface area contributed by atoms with Crippen LogP contribution in [0.3, 0.4) is 0 Å². The van der Waals surface area contributed by atoms with Crippen molar-refractivity contribution in [2.75, 3.05) is 11.3 Å². The highest BCUT2D eigenvalue weighted by atomic mass is 32.2. The Balaban J connectivity index is 1.45. The first-order valence-electron chi connectivity index (χ1n) is 10.6. The van der Waals surface area contributed by atoms with Crippen molar-refractivity contribution in [1.82, 2.24) is 10.2 Å². The van der Waals surface area contributed by atoms with Crippen LogP contribution in [0.5, 0.6) is 0 Å². The Kier molecular flexibility index (Phi) is 5.75. The first-order valence-corrected chi connectivity index (χ1v) is 12.0. The zero-order chi connectivity index (χ0) is 22.2. The molecule has 0 bridgehead atoms. The van der Waals surface area contributed by atoms with E-state index in [0.717, 1.165) is 30.4 Å². The van der Waals surface area contributed by atoms with Gasteiger partial charge in [0.2, 0.25) is 5.91 Å². The SMILES string of the molecule is Cc1ccc(S(=O)(=O)Nc2ccc(C(=O)N3CCC[C@H]3C(=O)NC3CC3)cc2)cc1C. The first-order chi connectivity index (χ1) is 14.7. The van der Waals surface area contributed by atoms with Gasteiger partial charge >= 0.3 is 0 Å². The van der Waals surface area contributed by atoms with Crippen molar-refractivity contribution in [3.8, 4) is 0 Å². The maximum Gasteiger partial charge on any atom is 0.261 e. The minimum absolute atomic E-state index is 0.0777. The predicted molar refractivity (Wildman–Crippen MR) is 118 cm³/mol. The Labute approximate surface area is 182 Å². The van der Waals surface area contributed by atoms with E-state index in [1.165, 1.54) is 0 Å². The molecule has 1 atom stereocenters. The van der Waals surface area contributed by atoms with Gasteiger partial charge in [0.25, 0.3) is 15.9 Å². The number of carbonyl (C=O) groups excluding carboxylic acids is 2. The number of likely N-dealkylation sites (tertiary alicyclic amines) is 1. The predicted octanol–water partition coefficient (Wildman–Crippen LogP) is 2.99. The van der Waals surface area contributed by atoms with Gasteiger partial charge < -0.3 is 10.2 Å². The fraction of sp³-hybridized carbons (Fsp3) is 0.391. The van der Waals surface area contributed by atoms with Crippen molar-refractivity contribution in [3.63, 3.8) is 0 Å². The number of anilines is 1. The Bertz CT molecular complexity index is 1110. The summed E-state index contributed by atoms with van der Waals surface area (Å²) in [6.07, 6.45) is 3.47. The molecule has 4 rings (SSSR count). The van der Waals surface area contributed by atoms with Gasteiger partial charge in [0.15, 0.2) is 0 Å². The summed E-state index contributed by atoms with van der Waals surface area (Å²) < 4.78 is 27.9. The lowest BCUT2D eigenvalue weighted by molar-refractivity contribution is -0.125. The number of benzene rings is 2. The molecule has 2 N–H and O–H groups in total. The van der Waals surface area contributed by atoms with E-state index in [9.17, 15) is 18.0 Å². The van der Waals surface area contributed by atoms with E-state index in [1.807, 2.05) is 13.8 Å². The maximum atomic E-state index is 13.0. The lowest BCUT2D eigenvalue weighted by Gasteiger charge is -2.24. The molecular weight excluding hydrogens is 414 g/mol. The Morgan fingerprint density at radius 3 is 2.32 bits per heavy atom. The highest BCUT2D eigenvalue weighted by molar-refractivity contribution is 7.92. The number of hydrogen-bond donors (Lipinski definition) is 2. The molecule has 164 valence electrons. The lowest BCUT2D eigenvalue weighted by Crippen LogP contribution is -2.46. The summed E-state index contributed by atoms with van der Waals surface area (Å²) in [5, 5.41) is 2.98. The van der Waals surface area contributed by atoms with Crippen LogP contribution in [0, 0.1) is 13.8 Å². The van der Waals surface area contributed by atoms with Gasteiger partial charge in [-0.25, -0.2) is 8.42 Å². The van der Waals surface area contributed by atoms with Crippen LogP contribution in [-0.4, -0.2) is 43.8 Å². The van der Waals surface area contributed by atoms with E-state index in [-0.39, 0.29) is 22.8 Å². The molecule has 0 spiro atoms. The van der Waals surface area contributed by atoms with Gasteiger partial charge in [0.05, 0.1) is 4.90 Å². The van der Waals surface area contributed by atoms with Crippen molar-refractivity contribution in [2.24, 2.45) is 0 Å². The highest BCUT2D eigenvalue weighted by Crippen LogP contribution is 2.25. The summed E-state index contributed by atoms with van der Waals surface area (Å²) in [7, 11) is -3.73. The average molecular weight is 442 g/mol. The van der Waals surface area contributed by atoms with Gasteiger partial charge in [-0.2, -0.15) is 0 Å². The van der Waals surface area contributed by atoms with Crippen LogP contribution in [0.4, 0.5) is 5.69 Å². The van der Waals surface area contributed by atoms with E-state index >= 15 is 0 Å². The van der Waals surface area contributed by atoms with Gasteiger partial charge in [-0.1, -0.05) is 6.07 Å². The zero-order valence-corrected chi connectivity index (χ0v) is 18.5. The molecule has 2 aromatic rings. The number of aryl methyl sites for hydroxylation is 2. The topological polar surface area (TPSA) is 95.6 Å². The largest absolute Gasteiger partial charge is 0.352 e. The average Bonchev–Trinajstić information content (AvgIpc) is 3.41. The summed E-state index contributed by atoms with van der Waals surface area (Å²) in [5.41, 5.74) is 2.72. The lowest BCUT2D eigenvalue weighted by atomic mass is 10.1. The van der Waals surface area contributed by atoms with E-state index in [0.29, 0.717) is 24.2 Å². The van der Waals surface area contributed by atoms with Crippen molar-refractivity contribution in [1.29, 1.82) is 0 Å². The third-order valence-corrected chi connectivity index (χ3v) is 7.29. The third-order valence-electron chi connectivity index (χ3n) is 5.91. The fourth-order valence-corrected chi connectivity index (χ4v) is 4.89. The second kappa shape index (κ2) is 8.34. The molecule has 1 aliphatic heterocycles. The van der Waals surface area contributed by atoms with Crippen molar-refractivity contribution in [3.05, 3.63) is 59.2 Å². The summed E-state index contributed by atoms with van der Waals surface area (Å²) in [6.45, 7) is 4.34. The van der Waals surface area contributed by atoms with E-state index in [2.05, 4.69) is 10.0 Å². The molecule has 1 heterocycles. The first kappa shape index (κ1) is 21.4. The molecule has 7 nitrogen and oxygen atoms in total. The van der Waals surface area contributed by atoms with Gasteiger partial charge in [-0.05, 0) is 87.1 Å². The van der Waals surface area contributed by atoms with Crippen LogP contribution in [0.2, 0.25) is 0 Å². The second-order valence-electron chi connectivity index (χ2n) is 8.37. The Hall–Kier alpha value is -2.87. The van der Waals surface area contributed by atoms with Crippen LogP contribution in [0.1, 0.15) is 47.2 Å². The molecule has 0 aromatic heterocycles. The number of hydrogen-bond acceptors (Lipinski definition) is 4. The van der Waals surface area contributed by atoms with Crippen LogP contribution in [0.15, 0.2) is 47.4 Å². The van der Waals surface area contributed by atoms with E-state index < -0.39 is 16.1 Å². The van der Waals surface area contributed by atoms with Crippen molar-refractivity contribution < 1.29 is 18.0 Å². The number of nitrogens with zero attached hydrogens (tertiary/aromatic N) is 1. The summed E-state index contributed by atoms with van der Waals surface area (Å²) in [4.78, 5) is 27.2. The van der Waals surface area contributed by atoms with E-state index in [4.69, 9.17) is 0 Å². The second-order valence-corrected chi connectivity index (χ2v) is 10.1. The summed E-state index contributed by atoms with van der Waals surface area (Å²) in [5.74, 6) is -0.289. The zero-order valence-electron chi connectivity index (χ0n) is 17.7. The summed E-state index contributed by atoms with van der Waals surface area (Å²) >= 11 is 0. The molecule has 1 saturated heterocycles. The molecule has 8 heteroatoms. The third kappa shape index (κ3) is 4.74. The number of amides is 2. The Morgan fingerprint density at radius 2 is 1.68 bits per heavy atom. The van der Waals surface area contributed by atoms with Crippen LogP contribution in [-0.2, 0) is 14.8 Å². The van der Waals surface area contributed by atoms with Crippen LogP contribution >= 0.6 is 0 Å². The molecular formula is C23H27N3O4S. The fourth-order valence-electron chi connectivity index (χ4n) is 3.75. The van der Waals surface area contributed by atoms with Crippen molar-refractivity contribution in [2.45, 2.75) is 56.5 Å². The molecule has 0 radical (unpaired) electrons. The minimum atomic E-state index is -3.73. The number of carbonyl (C=O) groups is 2. The Morgan fingerprint density at radius 1 is 0.968 bits per heavy atom. The quantitative estimate of drug-likeness (QED) is 0.720. The van der Waals surface area contributed by atoms with Gasteiger partial charge in [0, 0.05) is 23.8 Å². The molecule has 1 aliphatic carbocycles. The van der Waals surface area contributed by atoms with Crippen molar-refractivity contribution >= 4 is 27.5 Å². The maximum absolute atomic E-state index is 13.0. The molecule has 31 heavy (non-hydrogen) atoms.